The Hall–Kier alpha value is -2.28. The van der Waals surface area contributed by atoms with E-state index in [1.54, 1.807) is 12.1 Å². The molecule has 106 valence electrons. The minimum atomic E-state index is -0.444. The molecule has 7 heteroatoms. The molecule has 20 heavy (non-hydrogen) atoms. The second kappa shape index (κ2) is 6.25. The van der Waals surface area contributed by atoms with Gasteiger partial charge in [0.15, 0.2) is 0 Å². The quantitative estimate of drug-likeness (QED) is 0.642. The van der Waals surface area contributed by atoms with E-state index in [4.69, 9.17) is 4.42 Å². The van der Waals surface area contributed by atoms with E-state index in [-0.39, 0.29) is 5.69 Å². The van der Waals surface area contributed by atoms with E-state index in [9.17, 15) is 10.1 Å². The largest absolute Gasteiger partial charge is 0.421 e. The van der Waals surface area contributed by atoms with Crippen LogP contribution in [0.1, 0.15) is 19.7 Å². The van der Waals surface area contributed by atoms with Crippen molar-refractivity contribution in [3.05, 3.63) is 40.3 Å². The minimum absolute atomic E-state index is 0.0367. The third kappa shape index (κ3) is 3.61. The van der Waals surface area contributed by atoms with Gasteiger partial charge in [0.2, 0.25) is 11.8 Å². The molecule has 0 saturated heterocycles. The first-order valence-electron chi connectivity index (χ1n) is 6.37. The fourth-order valence-corrected chi connectivity index (χ4v) is 1.66. The smallest absolute Gasteiger partial charge is 0.269 e. The molecule has 0 fully saturated rings. The Morgan fingerprint density at radius 3 is 2.60 bits per heavy atom. The lowest BCUT2D eigenvalue weighted by Gasteiger charge is -2.04. The summed E-state index contributed by atoms with van der Waals surface area (Å²) >= 11 is 0. The van der Waals surface area contributed by atoms with E-state index in [2.05, 4.69) is 29.4 Å². The molecule has 0 saturated carbocycles. The number of rotatable bonds is 6. The standard InChI is InChI=1S/C13H16N4O3/c1-9(2)14-8-7-12-15-16-13(20-12)10-3-5-11(6-4-10)17(18)19/h3-6,9,14H,7-8H2,1-2H3. The number of nitrogens with zero attached hydrogens (tertiary/aromatic N) is 3. The Labute approximate surface area is 116 Å². The number of nitro groups is 1. The van der Waals surface area contributed by atoms with Crippen molar-refractivity contribution in [2.75, 3.05) is 6.54 Å². The van der Waals surface area contributed by atoms with Crippen LogP contribution in [0.3, 0.4) is 0 Å². The zero-order valence-corrected chi connectivity index (χ0v) is 11.4. The van der Waals surface area contributed by atoms with Crippen molar-refractivity contribution in [2.24, 2.45) is 0 Å². The average molecular weight is 276 g/mol. The highest BCUT2D eigenvalue weighted by molar-refractivity contribution is 5.55. The van der Waals surface area contributed by atoms with Crippen LogP contribution in [-0.2, 0) is 6.42 Å². The molecule has 0 bridgehead atoms. The molecule has 1 aromatic carbocycles. The zero-order valence-electron chi connectivity index (χ0n) is 11.4. The predicted octanol–water partition coefficient (Wildman–Crippen LogP) is 2.19. The summed E-state index contributed by atoms with van der Waals surface area (Å²) < 4.78 is 5.52. The first-order valence-corrected chi connectivity index (χ1v) is 6.37. The van der Waals surface area contributed by atoms with Crippen LogP contribution in [0.5, 0.6) is 0 Å². The van der Waals surface area contributed by atoms with Gasteiger partial charge in [0.05, 0.1) is 4.92 Å². The molecule has 0 spiro atoms. The third-order valence-corrected chi connectivity index (χ3v) is 2.68. The minimum Gasteiger partial charge on any atom is -0.421 e. The van der Waals surface area contributed by atoms with Crippen molar-refractivity contribution < 1.29 is 9.34 Å². The van der Waals surface area contributed by atoms with E-state index in [1.165, 1.54) is 12.1 Å². The normalized spacial score (nSPS) is 10.9. The average Bonchev–Trinajstić information content (AvgIpc) is 2.87. The summed E-state index contributed by atoms with van der Waals surface area (Å²) in [6.45, 7) is 4.89. The van der Waals surface area contributed by atoms with Gasteiger partial charge in [0.25, 0.3) is 5.69 Å². The maximum Gasteiger partial charge on any atom is 0.269 e. The molecular formula is C13H16N4O3. The first-order chi connectivity index (χ1) is 9.56. The highest BCUT2D eigenvalue weighted by Crippen LogP contribution is 2.21. The molecular weight excluding hydrogens is 260 g/mol. The van der Waals surface area contributed by atoms with Crippen molar-refractivity contribution in [3.63, 3.8) is 0 Å². The van der Waals surface area contributed by atoms with Gasteiger partial charge in [-0.2, -0.15) is 0 Å². The molecule has 1 aromatic heterocycles. The number of benzene rings is 1. The summed E-state index contributed by atoms with van der Waals surface area (Å²) in [6, 6.07) is 6.44. The van der Waals surface area contributed by atoms with E-state index < -0.39 is 4.92 Å². The lowest BCUT2D eigenvalue weighted by Crippen LogP contribution is -2.25. The topological polar surface area (TPSA) is 94.1 Å². The molecule has 1 heterocycles. The second-order valence-corrected chi connectivity index (χ2v) is 4.66. The molecule has 0 amide bonds. The van der Waals surface area contributed by atoms with Gasteiger partial charge in [0, 0.05) is 36.7 Å². The van der Waals surface area contributed by atoms with E-state index >= 15 is 0 Å². The fraction of sp³-hybridized carbons (Fsp3) is 0.385. The number of non-ortho nitro benzene ring substituents is 1. The highest BCUT2D eigenvalue weighted by Gasteiger charge is 2.10. The van der Waals surface area contributed by atoms with Crippen LogP contribution < -0.4 is 5.32 Å². The summed E-state index contributed by atoms with van der Waals surface area (Å²) in [7, 11) is 0. The second-order valence-electron chi connectivity index (χ2n) is 4.66. The number of nitro benzene ring substituents is 1. The van der Waals surface area contributed by atoms with Crippen LogP contribution in [-0.4, -0.2) is 27.7 Å². The van der Waals surface area contributed by atoms with E-state index in [0.717, 1.165) is 6.54 Å². The summed E-state index contributed by atoms with van der Waals surface area (Å²) in [6.07, 6.45) is 0.651. The van der Waals surface area contributed by atoms with Crippen molar-refractivity contribution in [1.82, 2.24) is 15.5 Å². The fourth-order valence-electron chi connectivity index (χ4n) is 1.66. The van der Waals surface area contributed by atoms with Gasteiger partial charge in [0.1, 0.15) is 0 Å². The maximum absolute atomic E-state index is 10.6. The van der Waals surface area contributed by atoms with Gasteiger partial charge >= 0.3 is 0 Å². The third-order valence-electron chi connectivity index (χ3n) is 2.68. The van der Waals surface area contributed by atoms with Gasteiger partial charge in [-0.25, -0.2) is 0 Å². The molecule has 0 unspecified atom stereocenters. The van der Waals surface area contributed by atoms with Crippen molar-refractivity contribution in [3.8, 4) is 11.5 Å². The van der Waals surface area contributed by atoms with E-state index in [0.29, 0.717) is 29.8 Å². The van der Waals surface area contributed by atoms with Crippen molar-refractivity contribution >= 4 is 5.69 Å². The summed E-state index contributed by atoms with van der Waals surface area (Å²) in [5.74, 6) is 0.922. The van der Waals surface area contributed by atoms with Gasteiger partial charge < -0.3 is 9.73 Å². The Morgan fingerprint density at radius 2 is 2.00 bits per heavy atom. The molecule has 7 nitrogen and oxygen atoms in total. The van der Waals surface area contributed by atoms with Crippen LogP contribution in [0, 0.1) is 10.1 Å². The lowest BCUT2D eigenvalue weighted by molar-refractivity contribution is -0.384. The van der Waals surface area contributed by atoms with Crippen LogP contribution in [0.2, 0.25) is 0 Å². The number of hydrogen-bond donors (Lipinski definition) is 1. The van der Waals surface area contributed by atoms with Crippen LogP contribution >= 0.6 is 0 Å². The maximum atomic E-state index is 10.6. The predicted molar refractivity (Wildman–Crippen MR) is 73.2 cm³/mol. The Balaban J connectivity index is 2.02. The Morgan fingerprint density at radius 1 is 1.30 bits per heavy atom. The summed E-state index contributed by atoms with van der Waals surface area (Å²) in [5.41, 5.74) is 0.709. The lowest BCUT2D eigenvalue weighted by atomic mass is 10.2. The van der Waals surface area contributed by atoms with Gasteiger partial charge in [-0.3, -0.25) is 10.1 Å². The molecule has 1 N–H and O–H groups in total. The first kappa shape index (κ1) is 14.1. The van der Waals surface area contributed by atoms with Crippen LogP contribution in [0.15, 0.2) is 28.7 Å². The SMILES string of the molecule is CC(C)NCCc1nnc(-c2ccc([N+](=O)[O-])cc2)o1. The summed E-state index contributed by atoms with van der Waals surface area (Å²) in [4.78, 5) is 10.1. The molecule has 0 aliphatic carbocycles. The van der Waals surface area contributed by atoms with Gasteiger partial charge in [-0.05, 0) is 12.1 Å². The molecule has 0 radical (unpaired) electrons. The molecule has 2 rings (SSSR count). The monoisotopic (exact) mass is 276 g/mol. The number of aromatic nitrogens is 2. The van der Waals surface area contributed by atoms with Gasteiger partial charge in [-0.15, -0.1) is 10.2 Å². The Bertz CT molecular complexity index is 578. The van der Waals surface area contributed by atoms with Crippen molar-refractivity contribution in [2.45, 2.75) is 26.3 Å². The molecule has 0 aliphatic rings. The van der Waals surface area contributed by atoms with Gasteiger partial charge in [-0.1, -0.05) is 13.8 Å². The van der Waals surface area contributed by atoms with Crippen LogP contribution in [0.4, 0.5) is 5.69 Å². The molecule has 0 aliphatic heterocycles. The molecule has 2 aromatic rings. The zero-order chi connectivity index (χ0) is 14.5. The van der Waals surface area contributed by atoms with Crippen LogP contribution in [0.25, 0.3) is 11.5 Å². The number of nitrogens with one attached hydrogen (secondary N) is 1. The molecule has 0 atom stereocenters. The highest BCUT2D eigenvalue weighted by atomic mass is 16.6. The summed E-state index contributed by atoms with van der Waals surface area (Å²) in [5, 5.41) is 21.7. The number of hydrogen-bond acceptors (Lipinski definition) is 6. The van der Waals surface area contributed by atoms with Crippen molar-refractivity contribution in [1.29, 1.82) is 0 Å². The van der Waals surface area contributed by atoms with E-state index in [1.807, 2.05) is 0 Å². The Kier molecular flexibility index (Phi) is 4.41.